The summed E-state index contributed by atoms with van der Waals surface area (Å²) in [7, 11) is 1.63. The van der Waals surface area contributed by atoms with Crippen LogP contribution in [0.4, 0.5) is 0 Å². The van der Waals surface area contributed by atoms with Crippen molar-refractivity contribution < 1.29 is 14.3 Å². The first-order valence-corrected chi connectivity index (χ1v) is 9.70. The molecule has 2 aromatic rings. The van der Waals surface area contributed by atoms with Crippen LogP contribution in [0.3, 0.4) is 0 Å². The number of benzene rings is 1. The van der Waals surface area contributed by atoms with E-state index < -0.39 is 0 Å². The predicted molar refractivity (Wildman–Crippen MR) is 103 cm³/mol. The monoisotopic (exact) mass is 372 g/mol. The lowest BCUT2D eigenvalue weighted by atomic mass is 10.1. The number of carbonyl (C=O) groups excluding carboxylic acids is 2. The second-order valence-corrected chi connectivity index (χ2v) is 7.50. The smallest absolute Gasteiger partial charge is 0.253 e. The molecule has 0 aliphatic carbocycles. The maximum absolute atomic E-state index is 12.8. The Morgan fingerprint density at radius 1 is 1.12 bits per heavy atom. The number of ether oxygens (including phenoxy) is 1. The van der Waals surface area contributed by atoms with Crippen molar-refractivity contribution in [2.24, 2.45) is 0 Å². The number of amides is 2. The largest absolute Gasteiger partial charge is 0.496 e. The molecular weight excluding hydrogens is 348 g/mol. The van der Waals surface area contributed by atoms with E-state index in [9.17, 15) is 9.59 Å². The maximum atomic E-state index is 12.8. The molecule has 138 valence electrons. The van der Waals surface area contributed by atoms with Crippen molar-refractivity contribution >= 4 is 23.2 Å². The summed E-state index contributed by atoms with van der Waals surface area (Å²) in [6.07, 6.45) is 1.25. The molecule has 0 bridgehead atoms. The zero-order valence-electron chi connectivity index (χ0n) is 15.2. The predicted octanol–water partition coefficient (Wildman–Crippen LogP) is 2.98. The van der Waals surface area contributed by atoms with Crippen molar-refractivity contribution in [2.45, 2.75) is 19.8 Å². The van der Waals surface area contributed by atoms with Crippen molar-refractivity contribution in [2.75, 3.05) is 33.3 Å². The molecule has 0 radical (unpaired) electrons. The van der Waals surface area contributed by atoms with Crippen molar-refractivity contribution in [3.63, 3.8) is 0 Å². The van der Waals surface area contributed by atoms with E-state index in [1.165, 1.54) is 0 Å². The minimum atomic E-state index is 0.0170. The SMILES string of the molecule is COc1ccc(C(=O)N2CCCN(C(=O)Cc3cccs3)CC2)cc1C. The van der Waals surface area contributed by atoms with E-state index in [1.54, 1.807) is 24.5 Å². The Balaban J connectivity index is 1.61. The lowest BCUT2D eigenvalue weighted by Crippen LogP contribution is -2.37. The van der Waals surface area contributed by atoms with E-state index in [0.717, 1.165) is 22.6 Å². The second kappa shape index (κ2) is 8.36. The molecule has 0 atom stereocenters. The molecular formula is C20H24N2O3S. The van der Waals surface area contributed by atoms with E-state index in [0.29, 0.717) is 38.2 Å². The lowest BCUT2D eigenvalue weighted by molar-refractivity contribution is -0.130. The van der Waals surface area contributed by atoms with Crippen LogP contribution in [-0.4, -0.2) is 54.9 Å². The summed E-state index contributed by atoms with van der Waals surface area (Å²) >= 11 is 1.61. The van der Waals surface area contributed by atoms with Crippen LogP contribution in [0.5, 0.6) is 5.75 Å². The third kappa shape index (κ3) is 4.25. The van der Waals surface area contributed by atoms with Crippen LogP contribution in [0.2, 0.25) is 0 Å². The average Bonchev–Trinajstić information content (AvgIpc) is 3.02. The first kappa shape index (κ1) is 18.5. The van der Waals surface area contributed by atoms with Gasteiger partial charge in [-0.15, -0.1) is 11.3 Å². The maximum Gasteiger partial charge on any atom is 0.253 e. The molecule has 2 heterocycles. The first-order chi connectivity index (χ1) is 12.6. The number of rotatable bonds is 4. The number of methoxy groups -OCH3 is 1. The molecule has 0 N–H and O–H groups in total. The summed E-state index contributed by atoms with van der Waals surface area (Å²) in [6.45, 7) is 4.47. The fraction of sp³-hybridized carbons (Fsp3) is 0.400. The van der Waals surface area contributed by atoms with Gasteiger partial charge in [-0.25, -0.2) is 0 Å². The minimum absolute atomic E-state index is 0.0170. The Morgan fingerprint density at radius 2 is 1.88 bits per heavy atom. The van der Waals surface area contributed by atoms with E-state index in [1.807, 2.05) is 46.4 Å². The van der Waals surface area contributed by atoms with Crippen molar-refractivity contribution in [3.05, 3.63) is 51.7 Å². The van der Waals surface area contributed by atoms with Gasteiger partial charge in [-0.3, -0.25) is 9.59 Å². The van der Waals surface area contributed by atoms with Crippen LogP contribution in [-0.2, 0) is 11.2 Å². The highest BCUT2D eigenvalue weighted by atomic mass is 32.1. The van der Waals surface area contributed by atoms with Crippen LogP contribution in [0.1, 0.15) is 27.2 Å². The minimum Gasteiger partial charge on any atom is -0.496 e. The molecule has 3 rings (SSSR count). The summed E-state index contributed by atoms with van der Waals surface area (Å²) < 4.78 is 5.26. The van der Waals surface area contributed by atoms with Gasteiger partial charge in [0.15, 0.2) is 0 Å². The summed E-state index contributed by atoms with van der Waals surface area (Å²) in [5.41, 5.74) is 1.61. The lowest BCUT2D eigenvalue weighted by Gasteiger charge is -2.22. The normalized spacial score (nSPS) is 14.8. The second-order valence-electron chi connectivity index (χ2n) is 6.47. The molecule has 26 heavy (non-hydrogen) atoms. The third-order valence-corrected chi connectivity index (χ3v) is 5.56. The highest BCUT2D eigenvalue weighted by molar-refractivity contribution is 7.10. The van der Waals surface area contributed by atoms with E-state index in [2.05, 4.69) is 0 Å². The third-order valence-electron chi connectivity index (χ3n) is 4.68. The van der Waals surface area contributed by atoms with Crippen molar-refractivity contribution in [1.29, 1.82) is 0 Å². The van der Waals surface area contributed by atoms with Crippen molar-refractivity contribution in [3.8, 4) is 5.75 Å². The number of nitrogens with zero attached hydrogens (tertiary/aromatic N) is 2. The fourth-order valence-electron chi connectivity index (χ4n) is 3.24. The zero-order valence-corrected chi connectivity index (χ0v) is 16.1. The summed E-state index contributed by atoms with van der Waals surface area (Å²) in [6, 6.07) is 9.46. The molecule has 0 spiro atoms. The first-order valence-electron chi connectivity index (χ1n) is 8.82. The molecule has 5 nitrogen and oxygen atoms in total. The summed E-state index contributed by atoms with van der Waals surface area (Å²) in [4.78, 5) is 30.1. The van der Waals surface area contributed by atoms with Gasteiger partial charge in [-0.05, 0) is 48.6 Å². The number of carbonyl (C=O) groups is 2. The van der Waals surface area contributed by atoms with Gasteiger partial charge in [-0.2, -0.15) is 0 Å². The Morgan fingerprint density at radius 3 is 2.58 bits per heavy atom. The van der Waals surface area contributed by atoms with Gasteiger partial charge in [0.05, 0.1) is 13.5 Å². The number of aryl methyl sites for hydroxylation is 1. The molecule has 1 aromatic carbocycles. The van der Waals surface area contributed by atoms with Crippen LogP contribution < -0.4 is 4.74 Å². The summed E-state index contributed by atoms with van der Waals surface area (Å²) in [5, 5.41) is 1.99. The average molecular weight is 372 g/mol. The summed E-state index contributed by atoms with van der Waals surface area (Å²) in [5.74, 6) is 0.938. The van der Waals surface area contributed by atoms with E-state index in [-0.39, 0.29) is 11.8 Å². The van der Waals surface area contributed by atoms with Gasteiger partial charge in [0.25, 0.3) is 5.91 Å². The molecule has 0 saturated carbocycles. The topological polar surface area (TPSA) is 49.9 Å². The van der Waals surface area contributed by atoms with Gasteiger partial charge in [0, 0.05) is 36.6 Å². The molecule has 1 aliphatic heterocycles. The highest BCUT2D eigenvalue weighted by Gasteiger charge is 2.23. The van der Waals surface area contributed by atoms with Crippen LogP contribution >= 0.6 is 11.3 Å². The Bertz CT molecular complexity index is 773. The van der Waals surface area contributed by atoms with E-state index >= 15 is 0 Å². The van der Waals surface area contributed by atoms with Crippen LogP contribution in [0, 0.1) is 6.92 Å². The molecule has 0 unspecified atom stereocenters. The Hall–Kier alpha value is -2.34. The quantitative estimate of drug-likeness (QED) is 0.829. The van der Waals surface area contributed by atoms with Gasteiger partial charge >= 0.3 is 0 Å². The fourth-order valence-corrected chi connectivity index (χ4v) is 3.93. The molecule has 1 aromatic heterocycles. The van der Waals surface area contributed by atoms with Gasteiger partial charge in [-0.1, -0.05) is 6.07 Å². The van der Waals surface area contributed by atoms with Crippen LogP contribution in [0.15, 0.2) is 35.7 Å². The van der Waals surface area contributed by atoms with Crippen molar-refractivity contribution in [1.82, 2.24) is 9.80 Å². The number of hydrogen-bond acceptors (Lipinski definition) is 4. The molecule has 1 saturated heterocycles. The molecule has 1 fully saturated rings. The zero-order chi connectivity index (χ0) is 18.5. The highest BCUT2D eigenvalue weighted by Crippen LogP contribution is 2.20. The number of hydrogen-bond donors (Lipinski definition) is 0. The molecule has 2 amide bonds. The van der Waals surface area contributed by atoms with Gasteiger partial charge in [0.1, 0.15) is 5.75 Å². The molecule has 1 aliphatic rings. The Kier molecular flexibility index (Phi) is 5.93. The van der Waals surface area contributed by atoms with E-state index in [4.69, 9.17) is 4.74 Å². The Labute approximate surface area is 158 Å². The number of thiophene rings is 1. The standard InChI is InChI=1S/C20H24N2O3S/c1-15-13-16(6-7-18(15)25-2)20(24)22-9-4-8-21(10-11-22)19(23)14-17-5-3-12-26-17/h3,5-7,12-13H,4,8-11,14H2,1-2H3. The molecule has 6 heteroatoms. The van der Waals surface area contributed by atoms with Gasteiger partial charge < -0.3 is 14.5 Å². The van der Waals surface area contributed by atoms with Gasteiger partial charge in [0.2, 0.25) is 5.91 Å². The van der Waals surface area contributed by atoms with Crippen LogP contribution in [0.25, 0.3) is 0 Å².